The highest BCUT2D eigenvalue weighted by molar-refractivity contribution is 6.31. The van der Waals surface area contributed by atoms with Gasteiger partial charge < -0.3 is 4.42 Å². The van der Waals surface area contributed by atoms with E-state index >= 15 is 0 Å². The Balaban J connectivity index is 1.23. The number of benzene rings is 3. The standard InChI is InChI=1S/C30H21ClN2O3/c1-16-10-11-17(14-23(16)31)24-13-12-18(36-24)15-32-33-29(34)27-25-19-6-2-3-7-20(19)26(28(27)30(33)35)22-9-5-4-8-21(22)25/h2-15,25-28H,1H3/b32-15-/t25?,26?,27-,28+. The zero-order valence-electron chi connectivity index (χ0n) is 19.4. The van der Waals surface area contributed by atoms with E-state index in [0.717, 1.165) is 38.4 Å². The summed E-state index contributed by atoms with van der Waals surface area (Å²) in [5.74, 6) is -0.620. The summed E-state index contributed by atoms with van der Waals surface area (Å²) >= 11 is 6.26. The van der Waals surface area contributed by atoms with Gasteiger partial charge in [-0.15, -0.1) is 0 Å². The van der Waals surface area contributed by atoms with Crippen molar-refractivity contribution in [1.82, 2.24) is 5.01 Å². The van der Waals surface area contributed by atoms with E-state index in [0.29, 0.717) is 16.5 Å². The number of halogens is 1. The summed E-state index contributed by atoms with van der Waals surface area (Å²) in [7, 11) is 0. The zero-order chi connectivity index (χ0) is 24.6. The fourth-order valence-electron chi connectivity index (χ4n) is 6.21. The number of amides is 2. The molecule has 2 atom stereocenters. The summed E-state index contributed by atoms with van der Waals surface area (Å²) in [6.07, 6.45) is 1.44. The van der Waals surface area contributed by atoms with Gasteiger partial charge in [-0.25, -0.2) is 0 Å². The number of carbonyl (C=O) groups excluding carboxylic acids is 2. The van der Waals surface area contributed by atoms with Gasteiger partial charge >= 0.3 is 0 Å². The van der Waals surface area contributed by atoms with Gasteiger partial charge in [0.05, 0.1) is 18.1 Å². The highest BCUT2D eigenvalue weighted by atomic mass is 35.5. The molecule has 2 bridgehead atoms. The van der Waals surface area contributed by atoms with E-state index in [2.05, 4.69) is 29.4 Å². The van der Waals surface area contributed by atoms with Crippen LogP contribution in [0.3, 0.4) is 0 Å². The first kappa shape index (κ1) is 21.3. The monoisotopic (exact) mass is 492 g/mol. The topological polar surface area (TPSA) is 62.9 Å². The van der Waals surface area contributed by atoms with E-state index < -0.39 is 11.8 Å². The van der Waals surface area contributed by atoms with E-state index in [-0.39, 0.29) is 23.7 Å². The smallest absolute Gasteiger partial charge is 0.254 e. The minimum absolute atomic E-state index is 0.148. The van der Waals surface area contributed by atoms with Gasteiger partial charge in [0.1, 0.15) is 11.5 Å². The average molecular weight is 493 g/mol. The van der Waals surface area contributed by atoms with Gasteiger partial charge in [0.25, 0.3) is 11.8 Å². The van der Waals surface area contributed by atoms with Crippen LogP contribution in [0.15, 0.2) is 88.4 Å². The van der Waals surface area contributed by atoms with Crippen molar-refractivity contribution in [3.63, 3.8) is 0 Å². The van der Waals surface area contributed by atoms with E-state index in [1.54, 1.807) is 6.07 Å². The Morgan fingerprint density at radius 2 is 1.36 bits per heavy atom. The molecule has 176 valence electrons. The van der Waals surface area contributed by atoms with Crippen LogP contribution in [-0.2, 0) is 9.59 Å². The minimum Gasteiger partial charge on any atom is -0.455 e. The van der Waals surface area contributed by atoms with Crippen LogP contribution in [0, 0.1) is 18.8 Å². The molecule has 8 rings (SSSR count). The van der Waals surface area contributed by atoms with Gasteiger partial charge in [0.2, 0.25) is 0 Å². The van der Waals surface area contributed by atoms with E-state index in [9.17, 15) is 9.59 Å². The van der Waals surface area contributed by atoms with Gasteiger partial charge in [-0.1, -0.05) is 72.3 Å². The van der Waals surface area contributed by atoms with Crippen LogP contribution < -0.4 is 0 Å². The Kier molecular flexibility index (Phi) is 4.60. The second kappa shape index (κ2) is 7.77. The summed E-state index contributed by atoms with van der Waals surface area (Å²) in [6.45, 7) is 1.94. The van der Waals surface area contributed by atoms with Crippen molar-refractivity contribution in [2.24, 2.45) is 16.9 Å². The molecule has 2 amide bonds. The molecule has 0 N–H and O–H groups in total. The molecular weight excluding hydrogens is 472 g/mol. The molecule has 0 radical (unpaired) electrons. The van der Waals surface area contributed by atoms with Crippen molar-refractivity contribution in [2.75, 3.05) is 0 Å². The molecule has 3 aliphatic carbocycles. The normalized spacial score (nSPS) is 23.8. The summed E-state index contributed by atoms with van der Waals surface area (Å²) < 4.78 is 5.91. The van der Waals surface area contributed by atoms with Gasteiger partial charge in [0, 0.05) is 22.4 Å². The highest BCUT2D eigenvalue weighted by Crippen LogP contribution is 2.60. The summed E-state index contributed by atoms with van der Waals surface area (Å²) in [5.41, 5.74) is 6.39. The number of hydrazone groups is 1. The molecule has 0 saturated carbocycles. The third-order valence-electron chi connectivity index (χ3n) is 7.81. The SMILES string of the molecule is Cc1ccc(-c2ccc(/C=N\N3C(=O)[C@@H]4C5c6ccccc6C(c6ccccc65)[C@@H]4C3=O)o2)cc1Cl. The maximum Gasteiger partial charge on any atom is 0.254 e. The predicted molar refractivity (Wildman–Crippen MR) is 137 cm³/mol. The summed E-state index contributed by atoms with van der Waals surface area (Å²) in [6, 6.07) is 25.7. The molecule has 36 heavy (non-hydrogen) atoms. The van der Waals surface area contributed by atoms with Crippen LogP contribution in [0.1, 0.15) is 45.4 Å². The highest BCUT2D eigenvalue weighted by Gasteiger charge is 2.61. The second-order valence-corrected chi connectivity index (χ2v) is 10.1. The fourth-order valence-corrected chi connectivity index (χ4v) is 6.39. The number of nitrogens with zero attached hydrogens (tertiary/aromatic N) is 2. The molecule has 1 aliphatic heterocycles. The van der Waals surface area contributed by atoms with Gasteiger partial charge in [-0.05, 0) is 52.9 Å². The van der Waals surface area contributed by atoms with E-state index in [1.165, 1.54) is 6.21 Å². The van der Waals surface area contributed by atoms with Crippen LogP contribution >= 0.6 is 11.6 Å². The summed E-state index contributed by atoms with van der Waals surface area (Å²) in [4.78, 5) is 27.2. The largest absolute Gasteiger partial charge is 0.455 e. The van der Waals surface area contributed by atoms with Crippen molar-refractivity contribution < 1.29 is 14.0 Å². The first-order valence-corrected chi connectivity index (χ1v) is 12.4. The molecule has 1 aromatic heterocycles. The van der Waals surface area contributed by atoms with Crippen molar-refractivity contribution in [3.8, 4) is 11.3 Å². The van der Waals surface area contributed by atoms with Gasteiger partial charge in [-0.3, -0.25) is 9.59 Å². The predicted octanol–water partition coefficient (Wildman–Crippen LogP) is 6.13. The molecule has 1 saturated heterocycles. The molecular formula is C30H21ClN2O3. The molecule has 6 heteroatoms. The number of hydrogen-bond acceptors (Lipinski definition) is 4. The minimum atomic E-state index is -0.452. The van der Waals surface area contributed by atoms with Crippen molar-refractivity contribution in [2.45, 2.75) is 18.8 Å². The van der Waals surface area contributed by atoms with Crippen LogP contribution in [0.5, 0.6) is 0 Å². The third kappa shape index (κ3) is 2.93. The van der Waals surface area contributed by atoms with Gasteiger partial charge in [-0.2, -0.15) is 10.1 Å². The molecule has 3 aromatic carbocycles. The Hall–Kier alpha value is -3.96. The quantitative estimate of drug-likeness (QED) is 0.255. The van der Waals surface area contributed by atoms with Crippen LogP contribution in [0.2, 0.25) is 5.02 Å². The Labute approximate surface area is 213 Å². The Morgan fingerprint density at radius 1 is 0.806 bits per heavy atom. The number of carbonyl (C=O) groups is 2. The van der Waals surface area contributed by atoms with Crippen molar-refractivity contribution >= 4 is 29.6 Å². The first-order chi connectivity index (χ1) is 17.5. The van der Waals surface area contributed by atoms with Crippen LogP contribution in [0.25, 0.3) is 11.3 Å². The lowest BCUT2D eigenvalue weighted by molar-refractivity contribution is -0.139. The second-order valence-electron chi connectivity index (χ2n) is 9.66. The van der Waals surface area contributed by atoms with Gasteiger partial charge in [0.15, 0.2) is 0 Å². The van der Waals surface area contributed by atoms with Crippen molar-refractivity contribution in [1.29, 1.82) is 0 Å². The molecule has 5 nitrogen and oxygen atoms in total. The number of imide groups is 1. The number of furan rings is 1. The molecule has 4 aromatic rings. The zero-order valence-corrected chi connectivity index (χ0v) is 20.1. The number of rotatable bonds is 3. The Morgan fingerprint density at radius 3 is 1.89 bits per heavy atom. The molecule has 0 unspecified atom stereocenters. The maximum absolute atomic E-state index is 13.6. The lowest BCUT2D eigenvalue weighted by atomic mass is 9.55. The molecule has 4 aliphatic rings. The maximum atomic E-state index is 13.6. The lowest BCUT2D eigenvalue weighted by Gasteiger charge is -2.45. The molecule has 1 fully saturated rings. The van der Waals surface area contributed by atoms with Crippen LogP contribution in [-0.4, -0.2) is 23.0 Å². The molecule has 2 heterocycles. The van der Waals surface area contributed by atoms with Crippen LogP contribution in [0.4, 0.5) is 0 Å². The number of aryl methyl sites for hydroxylation is 1. The van der Waals surface area contributed by atoms with E-state index in [4.69, 9.17) is 16.0 Å². The summed E-state index contributed by atoms with van der Waals surface area (Å²) in [5, 5.41) is 6.04. The molecule has 0 spiro atoms. The number of hydrogen-bond donors (Lipinski definition) is 0. The third-order valence-corrected chi connectivity index (χ3v) is 8.22. The van der Waals surface area contributed by atoms with Crippen molar-refractivity contribution in [3.05, 3.63) is 117 Å². The lowest BCUT2D eigenvalue weighted by Crippen LogP contribution is -2.41. The fraction of sp³-hybridized carbons (Fsp3) is 0.167. The Bertz CT molecular complexity index is 1490. The first-order valence-electron chi connectivity index (χ1n) is 12.0. The van der Waals surface area contributed by atoms with E-state index in [1.807, 2.05) is 55.5 Å². The average Bonchev–Trinajstić information content (AvgIpc) is 3.47.